The predicted molar refractivity (Wildman–Crippen MR) is 108 cm³/mol. The lowest BCUT2D eigenvalue weighted by Gasteiger charge is -2.25. The molecule has 1 fully saturated rings. The number of amides is 1. The summed E-state index contributed by atoms with van der Waals surface area (Å²) in [6.07, 6.45) is 3.14. The van der Waals surface area contributed by atoms with E-state index in [4.69, 9.17) is 14.2 Å². The molecule has 1 atom stereocenters. The zero-order chi connectivity index (χ0) is 19.3. The van der Waals surface area contributed by atoms with Crippen molar-refractivity contribution in [2.24, 2.45) is 0 Å². The Labute approximate surface area is 166 Å². The van der Waals surface area contributed by atoms with Crippen molar-refractivity contribution in [3.05, 3.63) is 53.6 Å². The summed E-state index contributed by atoms with van der Waals surface area (Å²) in [7, 11) is 1.66. The highest BCUT2D eigenvalue weighted by atomic mass is 16.5. The van der Waals surface area contributed by atoms with Crippen molar-refractivity contribution in [3.8, 4) is 16.9 Å². The van der Waals surface area contributed by atoms with Gasteiger partial charge in [-0.1, -0.05) is 18.2 Å². The molecule has 0 N–H and O–H groups in total. The minimum absolute atomic E-state index is 0.0268. The first kappa shape index (κ1) is 19.0. The molecule has 2 aromatic carbocycles. The predicted octanol–water partition coefficient (Wildman–Crippen LogP) is 3.56. The molecule has 0 unspecified atom stereocenters. The Morgan fingerprint density at radius 2 is 2.07 bits per heavy atom. The maximum absolute atomic E-state index is 13.2. The first-order valence-electron chi connectivity index (χ1n) is 10.0. The molecule has 5 nitrogen and oxygen atoms in total. The van der Waals surface area contributed by atoms with Gasteiger partial charge in [-0.2, -0.15) is 0 Å². The van der Waals surface area contributed by atoms with Gasteiger partial charge in [-0.3, -0.25) is 4.79 Å². The highest BCUT2D eigenvalue weighted by Gasteiger charge is 2.23. The van der Waals surface area contributed by atoms with Crippen molar-refractivity contribution in [2.45, 2.75) is 25.4 Å². The number of rotatable bonds is 7. The molecule has 4 rings (SSSR count). The minimum atomic E-state index is 0.0268. The number of hydrogen-bond acceptors (Lipinski definition) is 4. The van der Waals surface area contributed by atoms with E-state index in [1.807, 2.05) is 35.2 Å². The number of ether oxygens (including phenoxy) is 3. The lowest BCUT2D eigenvalue weighted by atomic mass is 9.99. The highest BCUT2D eigenvalue weighted by molar-refractivity contribution is 5.95. The molecule has 0 spiro atoms. The largest absolute Gasteiger partial charge is 0.493 e. The van der Waals surface area contributed by atoms with Crippen LogP contribution in [0.15, 0.2) is 42.5 Å². The molecule has 0 aromatic heterocycles. The number of nitrogens with zero attached hydrogens (tertiary/aromatic N) is 1. The van der Waals surface area contributed by atoms with Crippen LogP contribution in [0.1, 0.15) is 28.8 Å². The number of fused-ring (bicyclic) bond motifs is 1. The quantitative estimate of drug-likeness (QED) is 0.736. The van der Waals surface area contributed by atoms with Gasteiger partial charge in [0.25, 0.3) is 5.91 Å². The van der Waals surface area contributed by atoms with E-state index >= 15 is 0 Å². The third-order valence-electron chi connectivity index (χ3n) is 5.43. The molecule has 28 heavy (non-hydrogen) atoms. The molecule has 148 valence electrons. The SMILES string of the molecule is COCCN(C[C@H]1CCCO1)C(=O)c1cccc(-c2ccc3c(c2)CCO3)c1. The van der Waals surface area contributed by atoms with Crippen LogP contribution in [0.2, 0.25) is 0 Å². The van der Waals surface area contributed by atoms with Crippen LogP contribution in [-0.2, 0) is 15.9 Å². The van der Waals surface area contributed by atoms with Crippen LogP contribution in [0.5, 0.6) is 5.75 Å². The van der Waals surface area contributed by atoms with Crippen molar-refractivity contribution >= 4 is 5.91 Å². The molecule has 5 heteroatoms. The van der Waals surface area contributed by atoms with Gasteiger partial charge < -0.3 is 19.1 Å². The molecule has 0 bridgehead atoms. The van der Waals surface area contributed by atoms with Gasteiger partial charge in [0.2, 0.25) is 0 Å². The van der Waals surface area contributed by atoms with Crippen LogP contribution in [0.25, 0.3) is 11.1 Å². The molecule has 0 saturated carbocycles. The number of benzene rings is 2. The fraction of sp³-hybridized carbons (Fsp3) is 0.435. The summed E-state index contributed by atoms with van der Waals surface area (Å²) in [6.45, 7) is 3.23. The third-order valence-corrected chi connectivity index (χ3v) is 5.43. The number of carbonyl (C=O) groups is 1. The summed E-state index contributed by atoms with van der Waals surface area (Å²) in [6, 6.07) is 14.1. The number of methoxy groups -OCH3 is 1. The van der Waals surface area contributed by atoms with E-state index in [0.29, 0.717) is 25.3 Å². The van der Waals surface area contributed by atoms with Gasteiger partial charge in [-0.05, 0) is 53.8 Å². The van der Waals surface area contributed by atoms with E-state index in [1.165, 1.54) is 5.56 Å². The van der Waals surface area contributed by atoms with Crippen molar-refractivity contribution in [2.75, 3.05) is 40.0 Å². The first-order valence-corrected chi connectivity index (χ1v) is 10.0. The van der Waals surface area contributed by atoms with E-state index in [1.54, 1.807) is 7.11 Å². The molecule has 0 radical (unpaired) electrons. The smallest absolute Gasteiger partial charge is 0.254 e. The van der Waals surface area contributed by atoms with Gasteiger partial charge in [0.15, 0.2) is 0 Å². The summed E-state index contributed by atoms with van der Waals surface area (Å²) in [5.74, 6) is 0.997. The normalized spacial score (nSPS) is 18.0. The Bertz CT molecular complexity index is 829. The van der Waals surface area contributed by atoms with Crippen molar-refractivity contribution in [1.82, 2.24) is 4.90 Å². The molecule has 0 aliphatic carbocycles. The van der Waals surface area contributed by atoms with Gasteiger partial charge in [0, 0.05) is 38.8 Å². The van der Waals surface area contributed by atoms with Gasteiger partial charge >= 0.3 is 0 Å². The third kappa shape index (κ3) is 4.21. The Hall–Kier alpha value is -2.37. The van der Waals surface area contributed by atoms with Crippen LogP contribution in [0, 0.1) is 0 Å². The summed E-state index contributed by atoms with van der Waals surface area (Å²) in [5, 5.41) is 0. The molecule has 2 aliphatic heterocycles. The molecule has 2 aliphatic rings. The summed E-state index contributed by atoms with van der Waals surface area (Å²) < 4.78 is 16.5. The van der Waals surface area contributed by atoms with Crippen LogP contribution >= 0.6 is 0 Å². The van der Waals surface area contributed by atoms with E-state index < -0.39 is 0 Å². The van der Waals surface area contributed by atoms with E-state index in [9.17, 15) is 4.79 Å². The van der Waals surface area contributed by atoms with Crippen molar-refractivity contribution in [1.29, 1.82) is 0 Å². The Morgan fingerprint density at radius 3 is 2.89 bits per heavy atom. The van der Waals surface area contributed by atoms with E-state index in [0.717, 1.165) is 49.4 Å². The second kappa shape index (κ2) is 8.76. The molecule has 1 saturated heterocycles. The summed E-state index contributed by atoms with van der Waals surface area (Å²) >= 11 is 0. The molecule has 1 amide bonds. The second-order valence-electron chi connectivity index (χ2n) is 7.38. The lowest BCUT2D eigenvalue weighted by molar-refractivity contribution is 0.0456. The summed E-state index contributed by atoms with van der Waals surface area (Å²) in [4.78, 5) is 15.1. The zero-order valence-corrected chi connectivity index (χ0v) is 16.4. The summed E-state index contributed by atoms with van der Waals surface area (Å²) in [5.41, 5.74) is 4.09. The monoisotopic (exact) mass is 381 g/mol. The number of hydrogen-bond donors (Lipinski definition) is 0. The highest BCUT2D eigenvalue weighted by Crippen LogP contribution is 2.31. The van der Waals surface area contributed by atoms with Gasteiger partial charge in [0.05, 0.1) is 19.3 Å². The van der Waals surface area contributed by atoms with Crippen LogP contribution in [-0.4, -0.2) is 56.9 Å². The molecular formula is C23H27NO4. The molecule has 2 aromatic rings. The van der Waals surface area contributed by atoms with Crippen LogP contribution in [0.3, 0.4) is 0 Å². The Kier molecular flexibility index (Phi) is 5.93. The van der Waals surface area contributed by atoms with Crippen LogP contribution in [0.4, 0.5) is 0 Å². The second-order valence-corrected chi connectivity index (χ2v) is 7.38. The maximum atomic E-state index is 13.2. The molecule has 2 heterocycles. The van der Waals surface area contributed by atoms with Crippen LogP contribution < -0.4 is 4.74 Å². The topological polar surface area (TPSA) is 48.0 Å². The lowest BCUT2D eigenvalue weighted by Crippen LogP contribution is -2.39. The minimum Gasteiger partial charge on any atom is -0.493 e. The zero-order valence-electron chi connectivity index (χ0n) is 16.4. The first-order chi connectivity index (χ1) is 13.7. The van der Waals surface area contributed by atoms with Crippen molar-refractivity contribution in [3.63, 3.8) is 0 Å². The average molecular weight is 381 g/mol. The van der Waals surface area contributed by atoms with Gasteiger partial charge in [0.1, 0.15) is 5.75 Å². The standard InChI is InChI=1S/C23H27NO4/c1-26-13-10-24(16-21-6-3-11-27-21)23(25)20-5-2-4-17(15-20)18-7-8-22-19(14-18)9-12-28-22/h2,4-5,7-8,14-15,21H,3,6,9-13,16H2,1H3/t21-/m1/s1. The number of carbonyl (C=O) groups excluding carboxylic acids is 1. The van der Waals surface area contributed by atoms with Gasteiger partial charge in [-0.25, -0.2) is 0 Å². The maximum Gasteiger partial charge on any atom is 0.254 e. The van der Waals surface area contributed by atoms with Crippen molar-refractivity contribution < 1.29 is 19.0 Å². The Morgan fingerprint density at radius 1 is 1.18 bits per heavy atom. The van der Waals surface area contributed by atoms with Gasteiger partial charge in [-0.15, -0.1) is 0 Å². The van der Waals surface area contributed by atoms with E-state index in [2.05, 4.69) is 12.1 Å². The van der Waals surface area contributed by atoms with E-state index in [-0.39, 0.29) is 12.0 Å². The fourth-order valence-electron chi connectivity index (χ4n) is 3.89. The fourth-order valence-corrected chi connectivity index (χ4v) is 3.89. The molecular weight excluding hydrogens is 354 g/mol. The Balaban J connectivity index is 1.55. The average Bonchev–Trinajstić information content (AvgIpc) is 3.41.